The van der Waals surface area contributed by atoms with Crippen molar-refractivity contribution in [1.82, 2.24) is 14.7 Å². The fourth-order valence-electron chi connectivity index (χ4n) is 3.38. The Kier molecular flexibility index (Phi) is 4.85. The summed E-state index contributed by atoms with van der Waals surface area (Å²) in [4.78, 5) is 61.1. The van der Waals surface area contributed by atoms with Gasteiger partial charge in [0.2, 0.25) is 5.43 Å². The number of nitro groups is 1. The van der Waals surface area contributed by atoms with E-state index in [1.807, 2.05) is 0 Å². The van der Waals surface area contributed by atoms with Crippen molar-refractivity contribution in [2.45, 2.75) is 6.92 Å². The first-order chi connectivity index (χ1) is 15.2. The van der Waals surface area contributed by atoms with E-state index in [1.165, 1.54) is 50.4 Å². The molecule has 3 amide bonds. The first-order valence-corrected chi connectivity index (χ1v) is 9.31. The molecule has 0 radical (unpaired) electrons. The molecule has 3 aromatic rings. The molecule has 0 saturated carbocycles. The molecule has 1 aliphatic rings. The van der Waals surface area contributed by atoms with Gasteiger partial charge >= 0.3 is 0 Å². The second-order valence-electron chi connectivity index (χ2n) is 7.04. The van der Waals surface area contributed by atoms with E-state index in [9.17, 15) is 29.3 Å². The van der Waals surface area contributed by atoms with Gasteiger partial charge in [-0.25, -0.2) is 4.68 Å². The number of benzene rings is 2. The lowest BCUT2D eigenvalue weighted by molar-refractivity contribution is -0.384. The zero-order valence-electron chi connectivity index (χ0n) is 16.9. The molecule has 0 spiro atoms. The van der Waals surface area contributed by atoms with Crippen LogP contribution in [0.1, 0.15) is 36.9 Å². The third kappa shape index (κ3) is 3.31. The van der Waals surface area contributed by atoms with Crippen LogP contribution in [0.4, 0.5) is 11.4 Å². The lowest BCUT2D eigenvalue weighted by atomic mass is 10.1. The molecule has 2 aromatic carbocycles. The van der Waals surface area contributed by atoms with Gasteiger partial charge in [0.25, 0.3) is 23.4 Å². The predicted molar refractivity (Wildman–Crippen MR) is 112 cm³/mol. The molecule has 160 valence electrons. The monoisotopic (exact) mass is 433 g/mol. The second-order valence-corrected chi connectivity index (χ2v) is 7.04. The number of nitro benzene ring substituents is 1. The quantitative estimate of drug-likeness (QED) is 0.376. The number of anilines is 1. The number of aromatic nitrogens is 2. The van der Waals surface area contributed by atoms with Crippen LogP contribution in [-0.2, 0) is 0 Å². The smallest absolute Gasteiger partial charge is 0.294 e. The molecule has 1 N–H and O–H groups in total. The number of nitrogens with zero attached hydrogens (tertiary/aromatic N) is 4. The number of fused-ring (bicyclic) bond motifs is 1. The van der Waals surface area contributed by atoms with E-state index in [4.69, 9.17) is 0 Å². The zero-order valence-corrected chi connectivity index (χ0v) is 16.9. The van der Waals surface area contributed by atoms with Crippen molar-refractivity contribution < 1.29 is 19.3 Å². The van der Waals surface area contributed by atoms with E-state index in [-0.39, 0.29) is 28.2 Å². The summed E-state index contributed by atoms with van der Waals surface area (Å²) in [6.45, 7) is 1.53. The van der Waals surface area contributed by atoms with Gasteiger partial charge in [0.05, 0.1) is 16.1 Å². The summed E-state index contributed by atoms with van der Waals surface area (Å²) in [6.07, 6.45) is 0. The van der Waals surface area contributed by atoms with E-state index < -0.39 is 33.8 Å². The summed E-state index contributed by atoms with van der Waals surface area (Å²) in [7, 11) is 1.35. The normalized spacial score (nSPS) is 12.6. The average Bonchev–Trinajstić information content (AvgIpc) is 2.97. The van der Waals surface area contributed by atoms with Gasteiger partial charge in [-0.15, -0.1) is 0 Å². The molecule has 0 saturated heterocycles. The molecule has 0 fully saturated rings. The van der Waals surface area contributed by atoms with E-state index in [0.717, 1.165) is 15.6 Å². The van der Waals surface area contributed by atoms with Crippen LogP contribution in [0.2, 0.25) is 0 Å². The third-order valence-electron chi connectivity index (χ3n) is 4.98. The Morgan fingerprint density at radius 2 is 1.72 bits per heavy atom. The summed E-state index contributed by atoms with van der Waals surface area (Å²) < 4.78 is 1.15. The molecular formula is C21H15N5O6. The van der Waals surface area contributed by atoms with Gasteiger partial charge < -0.3 is 5.32 Å². The molecule has 32 heavy (non-hydrogen) atoms. The predicted octanol–water partition coefficient (Wildman–Crippen LogP) is 1.93. The van der Waals surface area contributed by atoms with Gasteiger partial charge in [-0.2, -0.15) is 5.10 Å². The molecule has 0 atom stereocenters. The highest BCUT2D eigenvalue weighted by Gasteiger charge is 2.33. The Bertz CT molecular complexity index is 1390. The average molecular weight is 433 g/mol. The highest BCUT2D eigenvalue weighted by Crippen LogP contribution is 2.25. The van der Waals surface area contributed by atoms with E-state index in [2.05, 4.69) is 10.4 Å². The summed E-state index contributed by atoms with van der Waals surface area (Å²) in [5.74, 6) is -1.82. The Morgan fingerprint density at radius 1 is 1.03 bits per heavy atom. The summed E-state index contributed by atoms with van der Waals surface area (Å²) in [5, 5.41) is 17.9. The zero-order chi connectivity index (χ0) is 23.2. The van der Waals surface area contributed by atoms with E-state index >= 15 is 0 Å². The molecule has 0 aliphatic carbocycles. The highest BCUT2D eigenvalue weighted by atomic mass is 16.6. The van der Waals surface area contributed by atoms with Crippen LogP contribution in [0, 0.1) is 17.0 Å². The maximum atomic E-state index is 12.8. The Balaban J connectivity index is 1.72. The van der Waals surface area contributed by atoms with Gasteiger partial charge in [-0.05, 0) is 31.2 Å². The van der Waals surface area contributed by atoms with Crippen LogP contribution in [-0.4, -0.2) is 44.4 Å². The molecule has 0 bridgehead atoms. The topological polar surface area (TPSA) is 145 Å². The fraction of sp³-hybridized carbons (Fsp3) is 0.0952. The van der Waals surface area contributed by atoms with Crippen molar-refractivity contribution in [2.75, 3.05) is 12.4 Å². The minimum Gasteiger partial charge on any atom is -0.320 e. The summed E-state index contributed by atoms with van der Waals surface area (Å²) in [6, 6.07) is 11.1. The number of carbonyl (C=O) groups is 3. The highest BCUT2D eigenvalue weighted by molar-refractivity contribution is 6.21. The number of hydrogen-bond donors (Lipinski definition) is 1. The number of para-hydroxylation sites is 2. The lowest BCUT2D eigenvalue weighted by Crippen LogP contribution is -2.27. The second kappa shape index (κ2) is 7.54. The van der Waals surface area contributed by atoms with Gasteiger partial charge in [-0.3, -0.25) is 34.2 Å². The Labute approximate surface area is 180 Å². The Hall–Kier alpha value is -4.67. The van der Waals surface area contributed by atoms with Crippen LogP contribution >= 0.6 is 0 Å². The number of nitrogens with one attached hydrogen (secondary N) is 1. The van der Waals surface area contributed by atoms with E-state index in [1.54, 1.807) is 6.07 Å². The van der Waals surface area contributed by atoms with E-state index in [0.29, 0.717) is 5.69 Å². The number of aryl methyl sites for hydroxylation is 1. The van der Waals surface area contributed by atoms with Crippen LogP contribution in [0.5, 0.6) is 0 Å². The van der Waals surface area contributed by atoms with Crippen LogP contribution in [0.15, 0.2) is 53.3 Å². The third-order valence-corrected chi connectivity index (χ3v) is 4.98. The van der Waals surface area contributed by atoms with Crippen molar-refractivity contribution in [1.29, 1.82) is 0 Å². The van der Waals surface area contributed by atoms with Crippen molar-refractivity contribution in [3.63, 3.8) is 0 Å². The molecule has 4 rings (SSSR count). The first-order valence-electron chi connectivity index (χ1n) is 9.31. The fourth-order valence-corrected chi connectivity index (χ4v) is 3.38. The molecule has 2 heterocycles. The number of rotatable bonds is 4. The molecule has 11 heteroatoms. The standard InChI is InChI=1S/C21H15N5O6/c1-11-9-17(27)18(23-25(11)15-5-3-4-6-16(15)26(31)32)19(28)22-12-7-8-13-14(10-12)21(30)24(2)20(13)29/h3-10H,1-2H3,(H,22,28). The largest absolute Gasteiger partial charge is 0.320 e. The van der Waals surface area contributed by atoms with Gasteiger partial charge in [0, 0.05) is 30.6 Å². The molecule has 0 unspecified atom stereocenters. The van der Waals surface area contributed by atoms with Crippen LogP contribution in [0.3, 0.4) is 0 Å². The maximum Gasteiger partial charge on any atom is 0.294 e. The molecule has 1 aliphatic heterocycles. The number of imide groups is 1. The lowest BCUT2D eigenvalue weighted by Gasteiger charge is -2.12. The SMILES string of the molecule is Cc1cc(=O)c(C(=O)Nc2ccc3c(c2)C(=O)N(C)C3=O)nn1-c1ccccc1[N+](=O)[O-]. The molecule has 1 aromatic heterocycles. The number of hydrogen-bond acceptors (Lipinski definition) is 7. The summed E-state index contributed by atoms with van der Waals surface area (Å²) in [5.41, 5.74) is -0.504. The van der Waals surface area contributed by atoms with Gasteiger partial charge in [0.15, 0.2) is 5.69 Å². The minimum atomic E-state index is -0.868. The Morgan fingerprint density at radius 3 is 2.44 bits per heavy atom. The van der Waals surface area contributed by atoms with Crippen molar-refractivity contribution in [2.24, 2.45) is 0 Å². The van der Waals surface area contributed by atoms with Crippen LogP contribution < -0.4 is 10.7 Å². The number of carbonyl (C=O) groups excluding carboxylic acids is 3. The first kappa shape index (κ1) is 20.6. The van der Waals surface area contributed by atoms with Crippen molar-refractivity contribution in [3.8, 4) is 5.69 Å². The van der Waals surface area contributed by atoms with Gasteiger partial charge in [-0.1, -0.05) is 12.1 Å². The van der Waals surface area contributed by atoms with Crippen molar-refractivity contribution >= 4 is 29.1 Å². The molecular weight excluding hydrogens is 418 g/mol. The van der Waals surface area contributed by atoms with Gasteiger partial charge in [0.1, 0.15) is 5.69 Å². The summed E-state index contributed by atoms with van der Waals surface area (Å²) >= 11 is 0. The number of amides is 3. The van der Waals surface area contributed by atoms with Crippen molar-refractivity contribution in [3.05, 3.63) is 91.4 Å². The van der Waals surface area contributed by atoms with Crippen LogP contribution in [0.25, 0.3) is 5.69 Å². The minimum absolute atomic E-state index is 0.0914. The maximum absolute atomic E-state index is 12.8. The molecule has 11 nitrogen and oxygen atoms in total.